The van der Waals surface area contributed by atoms with Crippen LogP contribution in [0.15, 0.2) is 35.3 Å². The van der Waals surface area contributed by atoms with Gasteiger partial charge in [-0.05, 0) is 29.0 Å². The largest absolute Gasteiger partial charge is 0.328 e. The fourth-order valence-corrected chi connectivity index (χ4v) is 2.33. The van der Waals surface area contributed by atoms with Crippen molar-refractivity contribution in [3.8, 4) is 17.2 Å². The summed E-state index contributed by atoms with van der Waals surface area (Å²) < 4.78 is 0. The van der Waals surface area contributed by atoms with Crippen molar-refractivity contribution in [1.29, 1.82) is 5.26 Å². The summed E-state index contributed by atoms with van der Waals surface area (Å²) in [4.78, 5) is 14.5. The summed E-state index contributed by atoms with van der Waals surface area (Å²) in [6, 6.07) is 10.1. The fourth-order valence-electron chi connectivity index (χ4n) is 2.33. The molecule has 1 heterocycles. The highest BCUT2D eigenvalue weighted by Gasteiger charge is 2.16. The van der Waals surface area contributed by atoms with Gasteiger partial charge in [0, 0.05) is 11.8 Å². The third-order valence-electron chi connectivity index (χ3n) is 3.51. The zero-order valence-corrected chi connectivity index (χ0v) is 12.0. The quantitative estimate of drug-likeness (QED) is 0.922. The highest BCUT2D eigenvalue weighted by atomic mass is 16.1. The third kappa shape index (κ3) is 2.50. The fraction of sp³-hybridized carbons (Fsp3) is 0.294. The first kappa shape index (κ1) is 14.1. The summed E-state index contributed by atoms with van der Waals surface area (Å²) in [5.41, 5.74) is 3.78. The minimum atomic E-state index is -0.327. The highest BCUT2D eigenvalue weighted by Crippen LogP contribution is 2.30. The molecule has 1 N–H and O–H groups in total. The van der Waals surface area contributed by atoms with Gasteiger partial charge < -0.3 is 4.98 Å². The Morgan fingerprint density at radius 2 is 1.90 bits per heavy atom. The normalized spacial score (nSPS) is 10.6. The lowest BCUT2D eigenvalue weighted by Crippen LogP contribution is -2.13. The maximum absolute atomic E-state index is 11.9. The first-order valence-corrected chi connectivity index (χ1v) is 6.83. The van der Waals surface area contributed by atoms with E-state index in [2.05, 4.69) is 25.8 Å². The zero-order chi connectivity index (χ0) is 14.7. The number of hydrogen-bond acceptors (Lipinski definition) is 2. The van der Waals surface area contributed by atoms with Gasteiger partial charge in [0.15, 0.2) is 0 Å². The molecule has 1 aromatic carbocycles. The predicted octanol–water partition coefficient (Wildman–Crippen LogP) is 3.60. The van der Waals surface area contributed by atoms with Crippen LogP contribution >= 0.6 is 0 Å². The van der Waals surface area contributed by atoms with E-state index in [1.807, 2.05) is 30.3 Å². The molecule has 0 aliphatic rings. The van der Waals surface area contributed by atoms with Crippen molar-refractivity contribution < 1.29 is 0 Å². The first-order chi connectivity index (χ1) is 9.58. The molecular weight excluding hydrogens is 248 g/mol. The van der Waals surface area contributed by atoms with Gasteiger partial charge in [-0.2, -0.15) is 5.26 Å². The number of H-pyrrole nitrogens is 1. The van der Waals surface area contributed by atoms with E-state index in [1.165, 1.54) is 5.56 Å². The minimum absolute atomic E-state index is 0.195. The molecule has 3 nitrogen and oxygen atoms in total. The summed E-state index contributed by atoms with van der Waals surface area (Å²) in [7, 11) is 0. The van der Waals surface area contributed by atoms with E-state index in [9.17, 15) is 10.1 Å². The van der Waals surface area contributed by atoms with Gasteiger partial charge in [-0.3, -0.25) is 4.79 Å². The Hall–Kier alpha value is -2.34. The van der Waals surface area contributed by atoms with Crippen molar-refractivity contribution in [3.05, 3.63) is 57.5 Å². The molecule has 0 unspecified atom stereocenters. The number of benzene rings is 1. The Labute approximate surface area is 118 Å². The second-order valence-corrected chi connectivity index (χ2v) is 5.14. The van der Waals surface area contributed by atoms with E-state index < -0.39 is 0 Å². The second-order valence-electron chi connectivity index (χ2n) is 5.14. The SMILES string of the molecule is CCc1ccc(-c2c(C(C)C)c[nH]c(=O)c2C#N)cc1. The second kappa shape index (κ2) is 5.75. The van der Waals surface area contributed by atoms with Gasteiger partial charge in [0.05, 0.1) is 0 Å². The first-order valence-electron chi connectivity index (χ1n) is 6.83. The molecule has 1 aromatic heterocycles. The van der Waals surface area contributed by atoms with Gasteiger partial charge in [-0.25, -0.2) is 0 Å². The molecule has 0 fully saturated rings. The van der Waals surface area contributed by atoms with E-state index in [4.69, 9.17) is 0 Å². The van der Waals surface area contributed by atoms with Gasteiger partial charge in [0.2, 0.25) is 0 Å². The number of aryl methyl sites for hydroxylation is 1. The summed E-state index contributed by atoms with van der Waals surface area (Å²) in [6.07, 6.45) is 2.69. The van der Waals surface area contributed by atoms with E-state index in [-0.39, 0.29) is 17.0 Å². The molecule has 102 valence electrons. The average molecular weight is 266 g/mol. The summed E-state index contributed by atoms with van der Waals surface area (Å²) in [5, 5.41) is 9.30. The number of nitrogens with one attached hydrogen (secondary N) is 1. The minimum Gasteiger partial charge on any atom is -0.328 e. The molecule has 0 radical (unpaired) electrons. The molecule has 0 saturated carbocycles. The molecule has 0 spiro atoms. The monoisotopic (exact) mass is 266 g/mol. The number of nitrogens with zero attached hydrogens (tertiary/aromatic N) is 1. The molecule has 3 heteroatoms. The summed E-state index contributed by atoms with van der Waals surface area (Å²) in [6.45, 7) is 6.21. The van der Waals surface area contributed by atoms with Crippen LogP contribution in [0.4, 0.5) is 0 Å². The number of nitriles is 1. The molecular formula is C17H18N2O. The van der Waals surface area contributed by atoms with Gasteiger partial charge in [0.1, 0.15) is 11.6 Å². The van der Waals surface area contributed by atoms with Gasteiger partial charge in [-0.15, -0.1) is 0 Å². The lowest BCUT2D eigenvalue weighted by molar-refractivity contribution is 0.857. The van der Waals surface area contributed by atoms with Gasteiger partial charge in [-0.1, -0.05) is 45.0 Å². The van der Waals surface area contributed by atoms with Crippen LogP contribution in [-0.4, -0.2) is 4.98 Å². The third-order valence-corrected chi connectivity index (χ3v) is 3.51. The topological polar surface area (TPSA) is 56.6 Å². The van der Waals surface area contributed by atoms with E-state index in [0.29, 0.717) is 0 Å². The van der Waals surface area contributed by atoms with E-state index in [1.54, 1.807) is 6.20 Å². The summed E-state index contributed by atoms with van der Waals surface area (Å²) in [5.74, 6) is 0.236. The molecule has 2 aromatic rings. The van der Waals surface area contributed by atoms with Crippen molar-refractivity contribution in [2.45, 2.75) is 33.1 Å². The molecule has 0 bridgehead atoms. The molecule has 20 heavy (non-hydrogen) atoms. The number of rotatable bonds is 3. The van der Waals surface area contributed by atoms with Crippen LogP contribution in [0.5, 0.6) is 0 Å². The average Bonchev–Trinajstić information content (AvgIpc) is 2.46. The van der Waals surface area contributed by atoms with Crippen molar-refractivity contribution in [2.75, 3.05) is 0 Å². The maximum Gasteiger partial charge on any atom is 0.266 e. The molecule has 0 atom stereocenters. The van der Waals surface area contributed by atoms with Crippen LogP contribution in [0, 0.1) is 11.3 Å². The Morgan fingerprint density at radius 1 is 1.25 bits per heavy atom. The number of pyridine rings is 1. The number of hydrogen-bond donors (Lipinski definition) is 1. The summed E-state index contributed by atoms with van der Waals surface area (Å²) >= 11 is 0. The van der Waals surface area contributed by atoms with Gasteiger partial charge in [0.25, 0.3) is 5.56 Å². The van der Waals surface area contributed by atoms with Crippen LogP contribution in [0.25, 0.3) is 11.1 Å². The van der Waals surface area contributed by atoms with Crippen LogP contribution in [0.1, 0.15) is 43.4 Å². The Bertz CT molecular complexity index is 703. The van der Waals surface area contributed by atoms with Crippen LogP contribution in [-0.2, 0) is 6.42 Å². The molecule has 0 saturated heterocycles. The standard InChI is InChI=1S/C17H18N2O/c1-4-12-5-7-13(8-6-12)16-14(9-18)17(20)19-10-15(16)11(2)3/h5-8,10-11H,4H2,1-3H3,(H,19,20). The predicted molar refractivity (Wildman–Crippen MR) is 80.7 cm³/mol. The Balaban J connectivity index is 2.73. The van der Waals surface area contributed by atoms with Crippen LogP contribution < -0.4 is 5.56 Å². The molecule has 2 rings (SSSR count). The lowest BCUT2D eigenvalue weighted by atomic mass is 9.90. The maximum atomic E-state index is 11.9. The smallest absolute Gasteiger partial charge is 0.266 e. The van der Waals surface area contributed by atoms with Gasteiger partial charge >= 0.3 is 0 Å². The molecule has 0 aliphatic heterocycles. The zero-order valence-electron chi connectivity index (χ0n) is 12.0. The van der Waals surface area contributed by atoms with Crippen LogP contribution in [0.3, 0.4) is 0 Å². The Morgan fingerprint density at radius 3 is 2.40 bits per heavy atom. The highest BCUT2D eigenvalue weighted by molar-refractivity contribution is 5.73. The lowest BCUT2D eigenvalue weighted by Gasteiger charge is -2.14. The van der Waals surface area contributed by atoms with Crippen molar-refractivity contribution in [3.63, 3.8) is 0 Å². The number of aromatic amines is 1. The molecule has 0 aliphatic carbocycles. The van der Waals surface area contributed by atoms with E-state index in [0.717, 1.165) is 23.1 Å². The Kier molecular flexibility index (Phi) is 4.05. The number of aromatic nitrogens is 1. The molecule has 0 amide bonds. The van der Waals surface area contributed by atoms with Crippen LogP contribution in [0.2, 0.25) is 0 Å². The van der Waals surface area contributed by atoms with Crippen molar-refractivity contribution in [1.82, 2.24) is 4.98 Å². The van der Waals surface area contributed by atoms with Crippen molar-refractivity contribution >= 4 is 0 Å². The van der Waals surface area contributed by atoms with Crippen molar-refractivity contribution in [2.24, 2.45) is 0 Å². The van der Waals surface area contributed by atoms with E-state index >= 15 is 0 Å².